The van der Waals surface area contributed by atoms with Crippen molar-refractivity contribution in [1.29, 1.82) is 0 Å². The normalized spacial score (nSPS) is 23.7. The molecule has 0 spiro atoms. The summed E-state index contributed by atoms with van der Waals surface area (Å²) in [7, 11) is 0. The van der Waals surface area contributed by atoms with E-state index in [2.05, 4.69) is 41.4 Å². The Morgan fingerprint density at radius 1 is 1.30 bits per heavy atom. The molecule has 1 heterocycles. The number of benzene rings is 1. The molecule has 0 radical (unpaired) electrons. The van der Waals surface area contributed by atoms with Crippen LogP contribution in [-0.2, 0) is 4.79 Å². The summed E-state index contributed by atoms with van der Waals surface area (Å²) in [6.45, 7) is 5.21. The number of rotatable bonds is 3. The molecule has 3 rings (SSSR count). The van der Waals surface area contributed by atoms with Crippen LogP contribution in [-0.4, -0.2) is 24.5 Å². The molecule has 2 aliphatic rings. The van der Waals surface area contributed by atoms with Crippen LogP contribution in [0.3, 0.4) is 0 Å². The molecule has 1 aromatic rings. The van der Waals surface area contributed by atoms with Gasteiger partial charge in [0.1, 0.15) is 6.04 Å². The lowest BCUT2D eigenvalue weighted by molar-refractivity contribution is -0.122. The number of hydrogen-bond donors (Lipinski definition) is 1. The number of carbonyl (C=O) groups is 1. The molecule has 0 bridgehead atoms. The van der Waals surface area contributed by atoms with Crippen LogP contribution in [0.5, 0.6) is 0 Å². The standard InChI is InChI=1S/C17H24N2O/c1-12-11-19(16-10-6-5-9-15(12)16)13(2)17(20)18-14-7-3-4-8-14/h5-6,9-10,12-14H,3-4,7-8,11H2,1-2H3,(H,18,20). The van der Waals surface area contributed by atoms with Crippen LogP contribution in [0, 0.1) is 0 Å². The van der Waals surface area contributed by atoms with Crippen molar-refractivity contribution in [2.45, 2.75) is 57.5 Å². The van der Waals surface area contributed by atoms with Crippen molar-refractivity contribution < 1.29 is 4.79 Å². The van der Waals surface area contributed by atoms with E-state index in [0.717, 1.165) is 19.4 Å². The van der Waals surface area contributed by atoms with Gasteiger partial charge < -0.3 is 10.2 Å². The fraction of sp³-hybridized carbons (Fsp3) is 0.588. The minimum Gasteiger partial charge on any atom is -0.359 e. The Morgan fingerprint density at radius 2 is 2.00 bits per heavy atom. The molecule has 1 saturated carbocycles. The lowest BCUT2D eigenvalue weighted by atomic mass is 10.0. The highest BCUT2D eigenvalue weighted by Gasteiger charge is 2.32. The van der Waals surface area contributed by atoms with Gasteiger partial charge in [0.15, 0.2) is 0 Å². The maximum atomic E-state index is 12.4. The summed E-state index contributed by atoms with van der Waals surface area (Å²) in [6.07, 6.45) is 4.79. The molecule has 0 saturated heterocycles. The Kier molecular flexibility index (Phi) is 3.68. The Morgan fingerprint density at radius 3 is 2.75 bits per heavy atom. The smallest absolute Gasteiger partial charge is 0.242 e. The zero-order valence-corrected chi connectivity index (χ0v) is 12.4. The number of fused-ring (bicyclic) bond motifs is 1. The second-order valence-electron chi connectivity index (χ2n) is 6.28. The van der Waals surface area contributed by atoms with Crippen LogP contribution in [0.25, 0.3) is 0 Å². The van der Waals surface area contributed by atoms with Gasteiger partial charge in [-0.1, -0.05) is 38.0 Å². The van der Waals surface area contributed by atoms with Gasteiger partial charge >= 0.3 is 0 Å². The number of para-hydroxylation sites is 1. The molecule has 3 nitrogen and oxygen atoms in total. The number of carbonyl (C=O) groups excluding carboxylic acids is 1. The molecular weight excluding hydrogens is 248 g/mol. The molecule has 108 valence electrons. The molecule has 1 aromatic carbocycles. The topological polar surface area (TPSA) is 32.3 Å². The summed E-state index contributed by atoms with van der Waals surface area (Å²) in [5.74, 6) is 0.689. The predicted molar refractivity (Wildman–Crippen MR) is 82.1 cm³/mol. The minimum absolute atomic E-state index is 0.0818. The molecule has 1 N–H and O–H groups in total. The molecule has 1 amide bonds. The zero-order valence-electron chi connectivity index (χ0n) is 12.4. The minimum atomic E-state index is -0.0818. The van der Waals surface area contributed by atoms with Gasteiger partial charge in [-0.05, 0) is 31.4 Å². The van der Waals surface area contributed by atoms with Crippen LogP contribution < -0.4 is 10.2 Å². The third kappa shape index (κ3) is 2.41. The SMILES string of the molecule is CC1CN(C(C)C(=O)NC2CCCC2)c2ccccc21. The maximum Gasteiger partial charge on any atom is 0.242 e. The van der Waals surface area contributed by atoms with E-state index in [0.29, 0.717) is 12.0 Å². The fourth-order valence-corrected chi connectivity index (χ4v) is 3.56. The highest BCUT2D eigenvalue weighted by atomic mass is 16.2. The second kappa shape index (κ2) is 5.47. The van der Waals surface area contributed by atoms with Crippen molar-refractivity contribution in [2.24, 2.45) is 0 Å². The van der Waals surface area contributed by atoms with Gasteiger partial charge in [-0.15, -0.1) is 0 Å². The Hall–Kier alpha value is -1.51. The van der Waals surface area contributed by atoms with E-state index in [9.17, 15) is 4.79 Å². The average Bonchev–Trinajstić information content (AvgIpc) is 3.07. The second-order valence-corrected chi connectivity index (χ2v) is 6.28. The van der Waals surface area contributed by atoms with Gasteiger partial charge in [0, 0.05) is 24.2 Å². The highest BCUT2D eigenvalue weighted by Crippen LogP contribution is 2.36. The Balaban J connectivity index is 1.71. The molecule has 2 unspecified atom stereocenters. The third-order valence-electron chi connectivity index (χ3n) is 4.80. The summed E-state index contributed by atoms with van der Waals surface area (Å²) < 4.78 is 0. The number of anilines is 1. The lowest BCUT2D eigenvalue weighted by Gasteiger charge is -2.28. The first-order chi connectivity index (χ1) is 9.66. The molecule has 20 heavy (non-hydrogen) atoms. The van der Waals surface area contributed by atoms with E-state index in [1.54, 1.807) is 0 Å². The summed E-state index contributed by atoms with van der Waals surface area (Å²) in [5.41, 5.74) is 2.60. The lowest BCUT2D eigenvalue weighted by Crippen LogP contribution is -2.47. The number of hydrogen-bond acceptors (Lipinski definition) is 2. The van der Waals surface area contributed by atoms with Crippen LogP contribution in [0.1, 0.15) is 51.0 Å². The van der Waals surface area contributed by atoms with Gasteiger partial charge in [-0.2, -0.15) is 0 Å². The van der Waals surface area contributed by atoms with Crippen molar-refractivity contribution in [3.8, 4) is 0 Å². The molecule has 0 aromatic heterocycles. The number of nitrogens with zero attached hydrogens (tertiary/aromatic N) is 1. The van der Waals surface area contributed by atoms with Crippen molar-refractivity contribution in [3.63, 3.8) is 0 Å². The van der Waals surface area contributed by atoms with E-state index >= 15 is 0 Å². The summed E-state index contributed by atoms with van der Waals surface area (Å²) >= 11 is 0. The highest BCUT2D eigenvalue weighted by molar-refractivity contribution is 5.86. The van der Waals surface area contributed by atoms with Crippen LogP contribution >= 0.6 is 0 Å². The largest absolute Gasteiger partial charge is 0.359 e. The Labute approximate surface area is 121 Å². The predicted octanol–water partition coefficient (Wildman–Crippen LogP) is 3.06. The van der Waals surface area contributed by atoms with Crippen LogP contribution in [0.2, 0.25) is 0 Å². The van der Waals surface area contributed by atoms with Crippen LogP contribution in [0.4, 0.5) is 5.69 Å². The molecule has 1 aliphatic carbocycles. The molecular formula is C17H24N2O. The molecule has 1 aliphatic heterocycles. The third-order valence-corrected chi connectivity index (χ3v) is 4.80. The van der Waals surface area contributed by atoms with E-state index in [4.69, 9.17) is 0 Å². The van der Waals surface area contributed by atoms with Crippen molar-refractivity contribution in [1.82, 2.24) is 5.32 Å². The van der Waals surface area contributed by atoms with Crippen molar-refractivity contribution in [3.05, 3.63) is 29.8 Å². The van der Waals surface area contributed by atoms with Gasteiger partial charge in [-0.3, -0.25) is 4.79 Å². The number of nitrogens with one attached hydrogen (secondary N) is 1. The summed E-state index contributed by atoms with van der Waals surface area (Å²) in [6, 6.07) is 8.79. The zero-order chi connectivity index (χ0) is 14.1. The van der Waals surface area contributed by atoms with Gasteiger partial charge in [-0.25, -0.2) is 0 Å². The fourth-order valence-electron chi connectivity index (χ4n) is 3.56. The first-order valence-corrected chi connectivity index (χ1v) is 7.82. The van der Waals surface area contributed by atoms with E-state index in [1.807, 2.05) is 6.92 Å². The maximum absolute atomic E-state index is 12.4. The summed E-state index contributed by atoms with van der Waals surface area (Å²) in [5, 5.41) is 3.22. The molecule has 1 fully saturated rings. The van der Waals surface area contributed by atoms with Crippen molar-refractivity contribution in [2.75, 3.05) is 11.4 Å². The molecule has 2 atom stereocenters. The number of amides is 1. The Bertz CT molecular complexity index is 494. The monoisotopic (exact) mass is 272 g/mol. The van der Waals surface area contributed by atoms with Gasteiger partial charge in [0.05, 0.1) is 0 Å². The van der Waals surface area contributed by atoms with E-state index < -0.39 is 0 Å². The van der Waals surface area contributed by atoms with Gasteiger partial charge in [0.25, 0.3) is 0 Å². The van der Waals surface area contributed by atoms with E-state index in [1.165, 1.54) is 24.1 Å². The first-order valence-electron chi connectivity index (χ1n) is 7.82. The van der Waals surface area contributed by atoms with E-state index in [-0.39, 0.29) is 11.9 Å². The van der Waals surface area contributed by atoms with Gasteiger partial charge in [0.2, 0.25) is 5.91 Å². The molecule has 3 heteroatoms. The quantitative estimate of drug-likeness (QED) is 0.917. The van der Waals surface area contributed by atoms with Crippen LogP contribution in [0.15, 0.2) is 24.3 Å². The summed E-state index contributed by atoms with van der Waals surface area (Å²) in [4.78, 5) is 14.7. The average molecular weight is 272 g/mol. The van der Waals surface area contributed by atoms with Crippen molar-refractivity contribution >= 4 is 11.6 Å². The first kappa shape index (κ1) is 13.5.